The predicted molar refractivity (Wildman–Crippen MR) is 61.5 cm³/mol. The van der Waals surface area contributed by atoms with Crippen molar-refractivity contribution in [3.8, 4) is 0 Å². The van der Waals surface area contributed by atoms with Crippen molar-refractivity contribution in [1.29, 1.82) is 0 Å². The standard InChI is InChI=1S/C11H23N3O/c1-8(2)14-6-4-10(5-7-14)13-11(15)9(3)12/h8-10H,4-7,12H2,1-3H3,(H,13,15)/t9-/m0/s1. The Morgan fingerprint density at radius 2 is 1.87 bits per heavy atom. The number of nitrogens with zero attached hydrogens (tertiary/aromatic N) is 1. The first-order chi connectivity index (χ1) is 7.00. The zero-order chi connectivity index (χ0) is 11.4. The number of rotatable bonds is 3. The highest BCUT2D eigenvalue weighted by molar-refractivity contribution is 5.81. The van der Waals surface area contributed by atoms with Gasteiger partial charge >= 0.3 is 0 Å². The third-order valence-corrected chi connectivity index (χ3v) is 3.02. The number of nitrogens with one attached hydrogen (secondary N) is 1. The Balaban J connectivity index is 2.29. The Morgan fingerprint density at radius 1 is 1.33 bits per heavy atom. The molecule has 0 aromatic carbocycles. The summed E-state index contributed by atoms with van der Waals surface area (Å²) < 4.78 is 0. The fourth-order valence-electron chi connectivity index (χ4n) is 1.89. The van der Waals surface area contributed by atoms with Gasteiger partial charge < -0.3 is 16.0 Å². The fraction of sp³-hybridized carbons (Fsp3) is 0.909. The molecular weight excluding hydrogens is 190 g/mol. The van der Waals surface area contributed by atoms with Crippen molar-refractivity contribution < 1.29 is 4.79 Å². The maximum Gasteiger partial charge on any atom is 0.236 e. The van der Waals surface area contributed by atoms with Crippen LogP contribution >= 0.6 is 0 Å². The third kappa shape index (κ3) is 3.80. The van der Waals surface area contributed by atoms with Crippen LogP contribution < -0.4 is 11.1 Å². The van der Waals surface area contributed by atoms with E-state index in [0.717, 1.165) is 25.9 Å². The highest BCUT2D eigenvalue weighted by Gasteiger charge is 2.22. The van der Waals surface area contributed by atoms with Crippen molar-refractivity contribution in [2.24, 2.45) is 5.73 Å². The molecule has 4 heteroatoms. The van der Waals surface area contributed by atoms with E-state index in [9.17, 15) is 4.79 Å². The molecule has 0 aromatic heterocycles. The maximum absolute atomic E-state index is 11.4. The summed E-state index contributed by atoms with van der Waals surface area (Å²) in [6.07, 6.45) is 2.08. The van der Waals surface area contributed by atoms with Gasteiger partial charge in [-0.15, -0.1) is 0 Å². The van der Waals surface area contributed by atoms with E-state index in [0.29, 0.717) is 12.1 Å². The smallest absolute Gasteiger partial charge is 0.236 e. The lowest BCUT2D eigenvalue weighted by atomic mass is 10.0. The van der Waals surface area contributed by atoms with Crippen LogP contribution in [0.5, 0.6) is 0 Å². The molecule has 1 rings (SSSR count). The quantitative estimate of drug-likeness (QED) is 0.710. The molecule has 0 spiro atoms. The lowest BCUT2D eigenvalue weighted by molar-refractivity contribution is -0.123. The average Bonchev–Trinajstić information content (AvgIpc) is 2.18. The Bertz CT molecular complexity index is 208. The van der Waals surface area contributed by atoms with Gasteiger partial charge in [0.25, 0.3) is 0 Å². The summed E-state index contributed by atoms with van der Waals surface area (Å²) in [6.45, 7) is 8.28. The van der Waals surface area contributed by atoms with Crippen LogP contribution in [0.15, 0.2) is 0 Å². The van der Waals surface area contributed by atoms with Gasteiger partial charge in [0.2, 0.25) is 5.91 Å². The number of hydrogen-bond donors (Lipinski definition) is 2. The average molecular weight is 213 g/mol. The van der Waals surface area contributed by atoms with Crippen LogP contribution in [0.1, 0.15) is 33.6 Å². The van der Waals surface area contributed by atoms with E-state index in [4.69, 9.17) is 5.73 Å². The van der Waals surface area contributed by atoms with Crippen molar-refractivity contribution in [3.63, 3.8) is 0 Å². The predicted octanol–water partition coefficient (Wildman–Crippen LogP) is 0.323. The molecule has 15 heavy (non-hydrogen) atoms. The molecule has 1 aliphatic heterocycles. The van der Waals surface area contributed by atoms with Crippen LogP contribution in [-0.2, 0) is 4.79 Å². The van der Waals surface area contributed by atoms with E-state index in [1.807, 2.05) is 0 Å². The van der Waals surface area contributed by atoms with E-state index >= 15 is 0 Å². The summed E-state index contributed by atoms with van der Waals surface area (Å²) in [5.74, 6) is -0.0296. The van der Waals surface area contributed by atoms with Gasteiger partial charge in [-0.2, -0.15) is 0 Å². The van der Waals surface area contributed by atoms with Gasteiger partial charge in [-0.05, 0) is 33.6 Å². The van der Waals surface area contributed by atoms with Crippen molar-refractivity contribution in [1.82, 2.24) is 10.2 Å². The third-order valence-electron chi connectivity index (χ3n) is 3.02. The Labute approximate surface area is 92.2 Å². The molecule has 4 nitrogen and oxygen atoms in total. The Morgan fingerprint density at radius 3 is 2.27 bits per heavy atom. The summed E-state index contributed by atoms with van der Waals surface area (Å²) >= 11 is 0. The van der Waals surface area contributed by atoms with Crippen LogP contribution in [0.4, 0.5) is 0 Å². The molecule has 1 aliphatic rings. The number of carbonyl (C=O) groups is 1. The highest BCUT2D eigenvalue weighted by Crippen LogP contribution is 2.12. The van der Waals surface area contributed by atoms with Gasteiger partial charge in [-0.1, -0.05) is 0 Å². The largest absolute Gasteiger partial charge is 0.352 e. The van der Waals surface area contributed by atoms with Crippen LogP contribution in [0, 0.1) is 0 Å². The lowest BCUT2D eigenvalue weighted by Crippen LogP contribution is -2.49. The number of carbonyl (C=O) groups excluding carboxylic acids is 1. The van der Waals surface area contributed by atoms with Crippen molar-refractivity contribution in [2.75, 3.05) is 13.1 Å². The van der Waals surface area contributed by atoms with Crippen molar-refractivity contribution in [2.45, 2.75) is 51.7 Å². The molecule has 1 heterocycles. The molecule has 1 atom stereocenters. The van der Waals surface area contributed by atoms with Crippen molar-refractivity contribution in [3.05, 3.63) is 0 Å². The number of hydrogen-bond acceptors (Lipinski definition) is 3. The number of amides is 1. The Kier molecular flexibility index (Phi) is 4.54. The van der Waals surface area contributed by atoms with Gasteiger partial charge in [-0.3, -0.25) is 4.79 Å². The minimum Gasteiger partial charge on any atom is -0.352 e. The minimum absolute atomic E-state index is 0.0296. The number of nitrogens with two attached hydrogens (primary N) is 1. The molecule has 0 unspecified atom stereocenters. The zero-order valence-corrected chi connectivity index (χ0v) is 9.99. The molecule has 1 amide bonds. The van der Waals surface area contributed by atoms with Gasteiger partial charge in [-0.25, -0.2) is 0 Å². The topological polar surface area (TPSA) is 58.4 Å². The maximum atomic E-state index is 11.4. The Hall–Kier alpha value is -0.610. The second-order valence-electron chi connectivity index (χ2n) is 4.70. The molecule has 88 valence electrons. The molecule has 0 bridgehead atoms. The summed E-state index contributed by atoms with van der Waals surface area (Å²) in [6, 6.07) is 0.529. The molecular formula is C11H23N3O. The number of piperidine rings is 1. The minimum atomic E-state index is -0.395. The van der Waals surface area contributed by atoms with Gasteiger partial charge in [0.05, 0.1) is 6.04 Å². The zero-order valence-electron chi connectivity index (χ0n) is 9.99. The van der Waals surface area contributed by atoms with E-state index in [1.54, 1.807) is 6.92 Å². The second kappa shape index (κ2) is 5.47. The first-order valence-corrected chi connectivity index (χ1v) is 5.80. The summed E-state index contributed by atoms with van der Waals surface area (Å²) in [5.41, 5.74) is 5.51. The van der Waals surface area contributed by atoms with Crippen LogP contribution in [-0.4, -0.2) is 42.0 Å². The number of likely N-dealkylation sites (tertiary alicyclic amines) is 1. The first-order valence-electron chi connectivity index (χ1n) is 5.80. The molecule has 0 aliphatic carbocycles. The second-order valence-corrected chi connectivity index (χ2v) is 4.70. The monoisotopic (exact) mass is 213 g/mol. The van der Waals surface area contributed by atoms with Gasteiger partial charge in [0.1, 0.15) is 0 Å². The van der Waals surface area contributed by atoms with Crippen LogP contribution in [0.2, 0.25) is 0 Å². The molecule has 3 N–H and O–H groups in total. The first kappa shape index (κ1) is 12.5. The van der Waals surface area contributed by atoms with E-state index in [1.165, 1.54) is 0 Å². The fourth-order valence-corrected chi connectivity index (χ4v) is 1.89. The lowest BCUT2D eigenvalue weighted by Gasteiger charge is -2.35. The molecule has 0 aromatic rings. The normalized spacial score (nSPS) is 21.7. The van der Waals surface area contributed by atoms with E-state index < -0.39 is 6.04 Å². The van der Waals surface area contributed by atoms with Crippen LogP contribution in [0.3, 0.4) is 0 Å². The summed E-state index contributed by atoms with van der Waals surface area (Å²) in [5, 5.41) is 2.99. The van der Waals surface area contributed by atoms with E-state index in [-0.39, 0.29) is 5.91 Å². The summed E-state index contributed by atoms with van der Waals surface area (Å²) in [7, 11) is 0. The SMILES string of the molecule is CC(C)N1CCC(NC(=O)[C@H](C)N)CC1. The van der Waals surface area contributed by atoms with Crippen LogP contribution in [0.25, 0.3) is 0 Å². The van der Waals surface area contributed by atoms with Gasteiger partial charge in [0, 0.05) is 25.2 Å². The molecule has 0 radical (unpaired) electrons. The van der Waals surface area contributed by atoms with Gasteiger partial charge in [0.15, 0.2) is 0 Å². The van der Waals surface area contributed by atoms with Crippen molar-refractivity contribution >= 4 is 5.91 Å². The molecule has 1 fully saturated rings. The van der Waals surface area contributed by atoms with E-state index in [2.05, 4.69) is 24.1 Å². The molecule has 0 saturated carbocycles. The summed E-state index contributed by atoms with van der Waals surface area (Å²) in [4.78, 5) is 13.8. The molecule has 1 saturated heterocycles. The highest BCUT2D eigenvalue weighted by atomic mass is 16.2.